The quantitative estimate of drug-likeness (QED) is 0.0165. The van der Waals surface area contributed by atoms with E-state index in [-0.39, 0.29) is 274 Å². The topological polar surface area (TPSA) is 719 Å². The van der Waals surface area contributed by atoms with Crippen LogP contribution in [0.15, 0.2) is 0 Å². The summed E-state index contributed by atoms with van der Waals surface area (Å²) in [5.74, 6) is -3.25. The molecule has 50 heteroatoms. The number of aliphatic hydroxyl groups excluding tert-OH is 17. The Labute approximate surface area is 820 Å². The average Bonchev–Trinajstić information content (AvgIpc) is 1.01. The molecule has 0 spiro atoms. The van der Waals surface area contributed by atoms with Crippen LogP contribution in [0.25, 0.3) is 0 Å². The maximum atomic E-state index is 11.4. The predicted molar refractivity (Wildman–Crippen MR) is 495 cm³/mol. The molecule has 0 aromatic heterocycles. The predicted octanol–water partition coefficient (Wildman–Crippen LogP) is -2.88. The normalized spacial score (nSPS) is 10.5. The lowest BCUT2D eigenvalue weighted by atomic mass is 10.2. The Morgan fingerprint density at radius 1 is 0.173 bits per heavy atom. The molecular formula is C89H180O50. The van der Waals surface area contributed by atoms with Crippen molar-refractivity contribution >= 4 is 53.7 Å². The summed E-state index contributed by atoms with van der Waals surface area (Å²) in [7, 11) is 1.67. The van der Waals surface area contributed by atoms with Gasteiger partial charge in [0.2, 0.25) is 0 Å². The highest BCUT2D eigenvalue weighted by Gasteiger charge is 2.12. The highest BCUT2D eigenvalue weighted by Crippen LogP contribution is 2.06. The van der Waals surface area contributed by atoms with Crippen LogP contribution in [0.5, 0.6) is 0 Å². The Balaban J connectivity index is -0.000000170. The SMILES string of the molecule is C.CC(O)C(=O)OCCOCCO.COCCCCCC(=O)OCCOCCOCCOCCO.O=C(CCCCCO)OCCOCCO.O=C(CCCCCO)OCCOCCOCCO.O=C(CCCCCO)OCCOCCOCCOCCO.O=C(CCCCO)OCCOCCO.O=C(CCCO)OCCOCCO.O=C(CCO)OCCOCCO.O=C(CO)OCCOCCO. The summed E-state index contributed by atoms with van der Waals surface area (Å²) in [6.45, 7) is 13.3. The van der Waals surface area contributed by atoms with Gasteiger partial charge in [0.15, 0.2) is 0 Å². The van der Waals surface area contributed by atoms with E-state index in [0.717, 1.165) is 83.7 Å². The minimum absolute atomic E-state index is 0. The number of unbranched alkanes of at least 4 members (excludes halogenated alkanes) is 9. The molecule has 0 radical (unpaired) electrons. The van der Waals surface area contributed by atoms with Crippen molar-refractivity contribution in [3.63, 3.8) is 0 Å². The molecule has 17 N–H and O–H groups in total. The van der Waals surface area contributed by atoms with Crippen LogP contribution in [0.2, 0.25) is 0 Å². The zero-order valence-electron chi connectivity index (χ0n) is 81.9. The van der Waals surface area contributed by atoms with Crippen molar-refractivity contribution in [1.29, 1.82) is 0 Å². The fraction of sp³-hybridized carbons (Fsp3) is 0.899. The van der Waals surface area contributed by atoms with Crippen LogP contribution in [0, 0.1) is 0 Å². The Hall–Kier alpha value is -6.05. The number of carbonyl (C=O) groups is 9. The van der Waals surface area contributed by atoms with Gasteiger partial charge in [-0.3, -0.25) is 33.6 Å². The molecule has 0 aromatic rings. The second kappa shape index (κ2) is 147. The smallest absolute Gasteiger partial charge is 0.334 e. The van der Waals surface area contributed by atoms with E-state index in [2.05, 4.69) is 14.2 Å². The fourth-order valence-electron chi connectivity index (χ4n) is 8.25. The van der Waals surface area contributed by atoms with E-state index in [0.29, 0.717) is 177 Å². The number of hydrogen-bond donors (Lipinski definition) is 17. The molecule has 0 heterocycles. The van der Waals surface area contributed by atoms with Crippen molar-refractivity contribution in [2.24, 2.45) is 0 Å². The first-order chi connectivity index (χ1) is 67.1. The molecule has 139 heavy (non-hydrogen) atoms. The first kappa shape index (κ1) is 153. The Morgan fingerprint density at radius 2 is 0.338 bits per heavy atom. The Bertz CT molecular complexity index is 2380. The first-order valence-electron chi connectivity index (χ1n) is 46.6. The van der Waals surface area contributed by atoms with Gasteiger partial charge in [0.05, 0.1) is 257 Å². The molecule has 1 unspecified atom stereocenters. The Kier molecular flexibility index (Phi) is 162. The molecule has 0 rings (SSSR count). The number of aliphatic hydroxyl groups is 17. The standard InChI is InChI=1S/C15H30O7.C14H28O7.C12H24O6.C10H20O5.C9H18O5.C8H16O5.2C7H14O5.C6H12O5.CH4/c1-18-7-4-2-3-5-15(17)22-14-13-21-12-11-20-10-9-19-8-6-16;15-5-3-1-2-4-14(17)21-13-12-20-11-10-19-9-8-18-7-6-16;13-5-3-1-2-4-12(15)18-11-10-17-9-8-16-7-6-14;11-5-3-1-2-4-10(13)15-9-8-14-7-6-12;10-4-2-1-3-9(12)14-8-7-13-6-5-11;9-3-1-2-8(11)13-7-6-12-5-4-10;1-6(9)7(10)12-5-4-11-3-2-8;8-2-1-7(10)12-6-5-11-4-3-9;7-1-2-10-3-4-11-6(9)5-8;/h16H,2-14H2,1H3;15-16H,1-13H2;13-14H,1-11H2;11-12H,1-9H2;10-11H,1-8H2;9-10H,1-7H2;6,8-9H,2-5H2,1H3;8-9H,1-6H2;7-8H,1-5H2;1H4. The monoisotopic (exact) mass is 2050 g/mol. The number of carbonyl (C=O) groups excluding carboxylic acids is 9. The average molecular weight is 2050 g/mol. The minimum atomic E-state index is -1.09. The van der Waals surface area contributed by atoms with Gasteiger partial charge in [0.1, 0.15) is 72.2 Å². The zero-order valence-corrected chi connectivity index (χ0v) is 81.9. The lowest BCUT2D eigenvalue weighted by molar-refractivity contribution is -0.154. The van der Waals surface area contributed by atoms with E-state index in [1.54, 1.807) is 7.11 Å². The minimum Gasteiger partial charge on any atom is -0.463 e. The van der Waals surface area contributed by atoms with Crippen LogP contribution >= 0.6 is 0 Å². The zero-order chi connectivity index (χ0) is 104. The second-order valence-electron chi connectivity index (χ2n) is 26.7. The summed E-state index contributed by atoms with van der Waals surface area (Å²) in [4.78, 5) is 98.1. The molecule has 0 bridgehead atoms. The van der Waals surface area contributed by atoms with Crippen LogP contribution in [-0.4, -0.2) is 511 Å². The van der Waals surface area contributed by atoms with Crippen molar-refractivity contribution in [3.05, 3.63) is 0 Å². The van der Waals surface area contributed by atoms with Gasteiger partial charge in [-0.15, -0.1) is 0 Å². The summed E-state index contributed by atoms with van der Waals surface area (Å²) in [5, 5.41) is 143. The summed E-state index contributed by atoms with van der Waals surface area (Å²) in [6, 6.07) is 0. The molecule has 0 fully saturated rings. The van der Waals surface area contributed by atoms with Crippen molar-refractivity contribution in [2.75, 3.05) is 364 Å². The lowest BCUT2D eigenvalue weighted by Crippen LogP contribution is -2.21. The van der Waals surface area contributed by atoms with Crippen molar-refractivity contribution < 1.29 is 244 Å². The van der Waals surface area contributed by atoms with Crippen LogP contribution < -0.4 is 0 Å². The van der Waals surface area contributed by atoms with E-state index in [1.165, 1.54) is 6.92 Å². The fourth-order valence-corrected chi connectivity index (χ4v) is 8.25. The molecule has 0 aliphatic heterocycles. The first-order valence-corrected chi connectivity index (χ1v) is 46.6. The van der Waals surface area contributed by atoms with Crippen LogP contribution in [-0.2, 0) is 157 Å². The molecule has 1 atom stereocenters. The second-order valence-corrected chi connectivity index (χ2v) is 26.7. The van der Waals surface area contributed by atoms with Crippen LogP contribution in [0.3, 0.4) is 0 Å². The molecule has 0 amide bonds. The van der Waals surface area contributed by atoms with Gasteiger partial charge in [-0.25, -0.2) is 9.59 Å². The molecular weight excluding hydrogens is 1870 g/mol. The number of hydrogen-bond acceptors (Lipinski definition) is 50. The maximum Gasteiger partial charge on any atom is 0.334 e. The third-order valence-corrected chi connectivity index (χ3v) is 14.8. The van der Waals surface area contributed by atoms with E-state index in [4.69, 9.17) is 186 Å². The largest absolute Gasteiger partial charge is 0.463 e. The van der Waals surface area contributed by atoms with Crippen molar-refractivity contribution in [3.8, 4) is 0 Å². The van der Waals surface area contributed by atoms with Gasteiger partial charge in [-0.2, -0.15) is 0 Å². The maximum absolute atomic E-state index is 11.4. The van der Waals surface area contributed by atoms with E-state index in [1.807, 2.05) is 0 Å². The van der Waals surface area contributed by atoms with Crippen molar-refractivity contribution in [1.82, 2.24) is 0 Å². The highest BCUT2D eigenvalue weighted by molar-refractivity contribution is 5.74. The van der Waals surface area contributed by atoms with Gasteiger partial charge in [-0.05, 0) is 77.6 Å². The molecule has 836 valence electrons. The number of esters is 9. The summed E-state index contributed by atoms with van der Waals surface area (Å²) in [5.41, 5.74) is 0. The van der Waals surface area contributed by atoms with Crippen LogP contribution in [0.4, 0.5) is 0 Å². The molecule has 0 aliphatic rings. The van der Waals surface area contributed by atoms with Crippen LogP contribution in [0.1, 0.15) is 156 Å². The third-order valence-electron chi connectivity index (χ3n) is 14.8. The molecule has 0 aliphatic carbocycles. The van der Waals surface area contributed by atoms with E-state index in [9.17, 15) is 43.2 Å². The van der Waals surface area contributed by atoms with E-state index >= 15 is 0 Å². The van der Waals surface area contributed by atoms with Gasteiger partial charge in [-0.1, -0.05) is 33.1 Å². The molecule has 0 saturated carbocycles. The third kappa shape index (κ3) is 169. The Morgan fingerprint density at radius 3 is 0.525 bits per heavy atom. The van der Waals surface area contributed by atoms with Gasteiger partial charge in [0, 0.05) is 85.3 Å². The van der Waals surface area contributed by atoms with E-state index < -0.39 is 30.6 Å². The molecule has 0 aromatic carbocycles. The van der Waals surface area contributed by atoms with Crippen molar-refractivity contribution in [2.45, 2.75) is 162 Å². The summed E-state index contributed by atoms with van der Waals surface area (Å²) < 4.78 is 118. The van der Waals surface area contributed by atoms with Gasteiger partial charge >= 0.3 is 53.7 Å². The van der Waals surface area contributed by atoms with Gasteiger partial charge in [0.25, 0.3) is 0 Å². The highest BCUT2D eigenvalue weighted by atomic mass is 16.6. The van der Waals surface area contributed by atoms with Gasteiger partial charge < -0.3 is 200 Å². The summed E-state index contributed by atoms with van der Waals surface area (Å²) >= 11 is 0. The molecule has 50 nitrogen and oxygen atoms in total. The number of methoxy groups -OCH3 is 1. The number of ether oxygens (including phenoxy) is 24. The molecule has 0 saturated heterocycles. The summed E-state index contributed by atoms with van der Waals surface area (Å²) in [6.07, 6.45) is 12.5. The lowest BCUT2D eigenvalue weighted by Gasteiger charge is -2.07. The number of rotatable bonds is 92.